The molecule has 4 amide bonds. The summed E-state index contributed by atoms with van der Waals surface area (Å²) in [6, 6.07) is 22.0. The van der Waals surface area contributed by atoms with Gasteiger partial charge in [0.1, 0.15) is 35.4 Å². The lowest BCUT2D eigenvalue weighted by Crippen LogP contribution is -2.52. The molecule has 0 saturated carbocycles. The number of imide groups is 1. The molecule has 3 aromatic carbocycles. The second-order valence-corrected chi connectivity index (χ2v) is 16.1. The third-order valence-electron chi connectivity index (χ3n) is 11.7. The SMILES string of the molecule is Nc1ncnc2c1c(-c1ccc(Oc3ccccc3)cc1)nn2[C@@H]1CCCN(C(=O)c2cn(CCOCCOCCOCCNc3ccc4c(c3)C(=O)N(C3CCC(=O)NC3=O)C4)nn2)C1. The van der Waals surface area contributed by atoms with E-state index in [0.29, 0.717) is 113 Å². The zero-order chi connectivity index (χ0) is 45.4. The molecular formula is C46H50N12O8. The first kappa shape index (κ1) is 43.9. The fourth-order valence-corrected chi connectivity index (χ4v) is 8.40. The highest BCUT2D eigenvalue weighted by Gasteiger charge is 2.39. The zero-order valence-corrected chi connectivity index (χ0v) is 36.2. The van der Waals surface area contributed by atoms with Gasteiger partial charge >= 0.3 is 0 Å². The van der Waals surface area contributed by atoms with Crippen molar-refractivity contribution < 1.29 is 38.1 Å². The normalized spacial score (nSPS) is 17.3. The fourth-order valence-electron chi connectivity index (χ4n) is 8.40. The number of hydrogen-bond donors (Lipinski definition) is 3. The molecule has 6 aromatic rings. The van der Waals surface area contributed by atoms with Crippen LogP contribution in [-0.4, -0.2) is 133 Å². The van der Waals surface area contributed by atoms with Crippen molar-refractivity contribution in [2.24, 2.45) is 0 Å². The van der Waals surface area contributed by atoms with Crippen LogP contribution in [0, 0.1) is 0 Å². The molecule has 6 heterocycles. The van der Waals surface area contributed by atoms with E-state index in [1.807, 2.05) is 71.4 Å². The minimum Gasteiger partial charge on any atom is -0.457 e. The molecule has 3 aliphatic rings. The van der Waals surface area contributed by atoms with E-state index in [1.165, 1.54) is 11.2 Å². The van der Waals surface area contributed by atoms with Gasteiger partial charge in [-0.05, 0) is 73.4 Å². The molecule has 2 saturated heterocycles. The van der Waals surface area contributed by atoms with Crippen molar-refractivity contribution in [2.75, 3.05) is 70.3 Å². The Kier molecular flexibility index (Phi) is 13.5. The number of rotatable bonds is 19. The molecule has 20 nitrogen and oxygen atoms in total. The molecular weight excluding hydrogens is 849 g/mol. The molecule has 0 radical (unpaired) electrons. The Hall–Kier alpha value is -7.29. The van der Waals surface area contributed by atoms with Crippen LogP contribution in [0.3, 0.4) is 0 Å². The fraction of sp³-hybridized carbons (Fsp3) is 0.370. The summed E-state index contributed by atoms with van der Waals surface area (Å²) in [6.07, 6.45) is 5.18. The molecule has 1 unspecified atom stereocenters. The lowest BCUT2D eigenvalue weighted by molar-refractivity contribution is -0.136. The number of likely N-dealkylation sites (tertiary alicyclic amines) is 1. The standard InChI is InChI=1S/C46H50N12O8/c47-42-40-41(30-9-12-35(13-10-30)66-34-6-2-1-3-7-34)53-58(43(40)50-29-49-42)33-5-4-17-55(27-33)46(62)37-28-56(54-52-37)18-20-64-22-24-65-23-21-63-19-16-48-32-11-8-31-26-57(45(61)36(31)25-32)38-14-15-39(59)51-44(38)60/h1-3,6-13,25,28-29,33,38,48H,4-5,14-24,26-27H2,(H2,47,49,50)(H,51,59,60)/t33-,38?/m1/s1. The van der Waals surface area contributed by atoms with E-state index in [1.54, 1.807) is 21.8 Å². The van der Waals surface area contributed by atoms with Crippen molar-refractivity contribution in [1.82, 2.24) is 49.9 Å². The molecule has 342 valence electrons. The molecule has 3 aromatic heterocycles. The number of amides is 4. The largest absolute Gasteiger partial charge is 0.457 e. The van der Waals surface area contributed by atoms with Gasteiger partial charge in [-0.25, -0.2) is 19.3 Å². The Morgan fingerprint density at radius 1 is 0.879 bits per heavy atom. The number of benzene rings is 3. The van der Waals surface area contributed by atoms with Gasteiger partial charge in [0.15, 0.2) is 11.3 Å². The van der Waals surface area contributed by atoms with Gasteiger partial charge in [0.05, 0.1) is 63.8 Å². The summed E-state index contributed by atoms with van der Waals surface area (Å²) in [6.45, 7) is 4.64. The number of para-hydroxylation sites is 1. The van der Waals surface area contributed by atoms with Crippen LogP contribution in [-0.2, 0) is 36.9 Å². The molecule has 4 N–H and O–H groups in total. The molecule has 0 spiro atoms. The van der Waals surface area contributed by atoms with E-state index >= 15 is 0 Å². The van der Waals surface area contributed by atoms with Crippen LogP contribution >= 0.6 is 0 Å². The average molecular weight is 899 g/mol. The first-order chi connectivity index (χ1) is 32.3. The van der Waals surface area contributed by atoms with Crippen molar-refractivity contribution in [3.05, 3.63) is 102 Å². The zero-order valence-electron chi connectivity index (χ0n) is 36.2. The minimum absolute atomic E-state index is 0.150. The van der Waals surface area contributed by atoms with Crippen molar-refractivity contribution in [3.63, 3.8) is 0 Å². The van der Waals surface area contributed by atoms with Crippen LogP contribution in [0.1, 0.15) is 58.1 Å². The van der Waals surface area contributed by atoms with Gasteiger partial charge in [-0.3, -0.25) is 24.5 Å². The summed E-state index contributed by atoms with van der Waals surface area (Å²) in [5.74, 6) is 0.603. The van der Waals surface area contributed by atoms with Gasteiger partial charge in [0, 0.05) is 49.4 Å². The smallest absolute Gasteiger partial charge is 0.276 e. The van der Waals surface area contributed by atoms with Crippen molar-refractivity contribution >= 4 is 46.2 Å². The first-order valence-corrected chi connectivity index (χ1v) is 22.0. The lowest BCUT2D eigenvalue weighted by Gasteiger charge is -2.32. The Labute approximate surface area is 379 Å². The van der Waals surface area contributed by atoms with Crippen LogP contribution in [0.5, 0.6) is 11.5 Å². The average Bonchev–Trinajstić information content (AvgIpc) is 4.06. The number of aromatic nitrogens is 7. The summed E-state index contributed by atoms with van der Waals surface area (Å²) in [5.41, 5.74) is 10.9. The van der Waals surface area contributed by atoms with E-state index in [9.17, 15) is 19.2 Å². The Morgan fingerprint density at radius 3 is 2.45 bits per heavy atom. The Morgan fingerprint density at radius 2 is 1.65 bits per heavy atom. The van der Waals surface area contributed by atoms with Crippen molar-refractivity contribution in [2.45, 2.75) is 50.9 Å². The second kappa shape index (κ2) is 20.3. The van der Waals surface area contributed by atoms with E-state index in [4.69, 9.17) is 29.8 Å². The van der Waals surface area contributed by atoms with E-state index < -0.39 is 11.9 Å². The maximum atomic E-state index is 13.7. The maximum absolute atomic E-state index is 13.7. The summed E-state index contributed by atoms with van der Waals surface area (Å²) in [7, 11) is 0. The molecule has 2 fully saturated rings. The van der Waals surface area contributed by atoms with E-state index in [0.717, 1.165) is 35.4 Å². The number of nitrogen functional groups attached to an aromatic ring is 1. The third kappa shape index (κ3) is 9.99. The summed E-state index contributed by atoms with van der Waals surface area (Å²) in [4.78, 5) is 62.7. The number of anilines is 2. The number of nitrogens with one attached hydrogen (secondary N) is 2. The summed E-state index contributed by atoms with van der Waals surface area (Å²) < 4.78 is 26.5. The topological polar surface area (TPSA) is 236 Å². The van der Waals surface area contributed by atoms with Crippen LogP contribution in [0.2, 0.25) is 0 Å². The highest BCUT2D eigenvalue weighted by Crippen LogP contribution is 2.35. The van der Waals surface area contributed by atoms with Gasteiger partial charge in [-0.1, -0.05) is 29.5 Å². The Bertz CT molecular complexity index is 2690. The van der Waals surface area contributed by atoms with E-state index in [-0.39, 0.29) is 35.9 Å². The molecule has 2 atom stereocenters. The summed E-state index contributed by atoms with van der Waals surface area (Å²) >= 11 is 0. The van der Waals surface area contributed by atoms with Crippen LogP contribution in [0.25, 0.3) is 22.3 Å². The van der Waals surface area contributed by atoms with Crippen LogP contribution in [0.15, 0.2) is 85.3 Å². The summed E-state index contributed by atoms with van der Waals surface area (Å²) in [5, 5.41) is 19.6. The molecule has 3 aliphatic heterocycles. The van der Waals surface area contributed by atoms with Gasteiger partial charge in [0.25, 0.3) is 11.8 Å². The number of carbonyl (C=O) groups excluding carboxylic acids is 4. The molecule has 9 rings (SSSR count). The number of nitrogens with zero attached hydrogens (tertiary/aromatic N) is 9. The monoisotopic (exact) mass is 898 g/mol. The number of nitrogens with two attached hydrogens (primary N) is 1. The predicted molar refractivity (Wildman–Crippen MR) is 239 cm³/mol. The van der Waals surface area contributed by atoms with Crippen LogP contribution in [0.4, 0.5) is 11.5 Å². The number of hydrogen-bond acceptors (Lipinski definition) is 15. The quantitative estimate of drug-likeness (QED) is 0.0774. The highest BCUT2D eigenvalue weighted by atomic mass is 16.5. The number of piperidine rings is 2. The predicted octanol–water partition coefficient (Wildman–Crippen LogP) is 3.86. The molecule has 0 aliphatic carbocycles. The lowest BCUT2D eigenvalue weighted by atomic mass is 10.0. The minimum atomic E-state index is -0.640. The maximum Gasteiger partial charge on any atom is 0.276 e. The Balaban J connectivity index is 0.669. The number of carbonyl (C=O) groups is 4. The van der Waals surface area contributed by atoms with Gasteiger partial charge in [0.2, 0.25) is 11.8 Å². The number of ether oxygens (including phenoxy) is 4. The molecule has 0 bridgehead atoms. The van der Waals surface area contributed by atoms with Crippen molar-refractivity contribution in [1.29, 1.82) is 0 Å². The molecule has 20 heteroatoms. The van der Waals surface area contributed by atoms with E-state index in [2.05, 4.69) is 30.9 Å². The molecule has 66 heavy (non-hydrogen) atoms. The third-order valence-corrected chi connectivity index (χ3v) is 11.7. The number of fused-ring (bicyclic) bond motifs is 2. The first-order valence-electron chi connectivity index (χ1n) is 22.0. The van der Waals surface area contributed by atoms with Gasteiger partial charge in [-0.2, -0.15) is 5.10 Å². The van der Waals surface area contributed by atoms with Gasteiger partial charge < -0.3 is 39.8 Å². The highest BCUT2D eigenvalue weighted by molar-refractivity contribution is 6.05. The van der Waals surface area contributed by atoms with Gasteiger partial charge in [-0.15, -0.1) is 5.10 Å². The second-order valence-electron chi connectivity index (χ2n) is 16.1. The van der Waals surface area contributed by atoms with Crippen LogP contribution < -0.4 is 21.1 Å². The van der Waals surface area contributed by atoms with Crippen molar-refractivity contribution in [3.8, 4) is 22.8 Å².